The molecule has 1 saturated carbocycles. The predicted octanol–water partition coefficient (Wildman–Crippen LogP) is 3.40. The van der Waals surface area contributed by atoms with Gasteiger partial charge in [0.2, 0.25) is 5.91 Å². The SMILES string of the molecule is NC1CCC(C(=O)Nc2cccc(NC(=O)Nc3ccccc3)c2)C1. The summed E-state index contributed by atoms with van der Waals surface area (Å²) in [5, 5.41) is 8.41. The van der Waals surface area contributed by atoms with Crippen molar-refractivity contribution in [3.63, 3.8) is 0 Å². The number of rotatable bonds is 4. The van der Waals surface area contributed by atoms with Crippen LogP contribution in [0.3, 0.4) is 0 Å². The molecule has 2 atom stereocenters. The minimum atomic E-state index is -0.337. The van der Waals surface area contributed by atoms with E-state index in [1.165, 1.54) is 0 Å². The quantitative estimate of drug-likeness (QED) is 0.688. The number of carbonyl (C=O) groups is 2. The maximum Gasteiger partial charge on any atom is 0.323 e. The second kappa shape index (κ2) is 7.81. The fourth-order valence-corrected chi connectivity index (χ4v) is 2.99. The number of hydrogen-bond donors (Lipinski definition) is 4. The first-order chi connectivity index (χ1) is 12.1. The highest BCUT2D eigenvalue weighted by Gasteiger charge is 2.27. The minimum Gasteiger partial charge on any atom is -0.328 e. The van der Waals surface area contributed by atoms with Crippen molar-refractivity contribution in [3.05, 3.63) is 54.6 Å². The van der Waals surface area contributed by atoms with Crippen LogP contribution in [0, 0.1) is 5.92 Å². The van der Waals surface area contributed by atoms with Gasteiger partial charge in [-0.2, -0.15) is 0 Å². The number of para-hydroxylation sites is 1. The lowest BCUT2D eigenvalue weighted by Gasteiger charge is -2.12. The van der Waals surface area contributed by atoms with Crippen molar-refractivity contribution in [2.24, 2.45) is 11.7 Å². The van der Waals surface area contributed by atoms with Gasteiger partial charge >= 0.3 is 6.03 Å². The number of nitrogens with one attached hydrogen (secondary N) is 3. The van der Waals surface area contributed by atoms with Crippen LogP contribution < -0.4 is 21.7 Å². The number of nitrogens with two attached hydrogens (primary N) is 1. The first-order valence-electron chi connectivity index (χ1n) is 8.40. The van der Waals surface area contributed by atoms with Crippen LogP contribution >= 0.6 is 0 Å². The third-order valence-corrected chi connectivity index (χ3v) is 4.26. The van der Waals surface area contributed by atoms with E-state index in [2.05, 4.69) is 16.0 Å². The van der Waals surface area contributed by atoms with E-state index in [1.807, 2.05) is 30.3 Å². The van der Waals surface area contributed by atoms with Crippen molar-refractivity contribution in [2.45, 2.75) is 25.3 Å². The van der Waals surface area contributed by atoms with Gasteiger partial charge in [0, 0.05) is 29.0 Å². The lowest BCUT2D eigenvalue weighted by atomic mass is 10.1. The Hall–Kier alpha value is -2.86. The van der Waals surface area contributed by atoms with E-state index in [4.69, 9.17) is 5.73 Å². The molecule has 0 aliphatic heterocycles. The lowest BCUT2D eigenvalue weighted by Crippen LogP contribution is -2.23. The summed E-state index contributed by atoms with van der Waals surface area (Å²) in [7, 11) is 0. The van der Waals surface area contributed by atoms with Gasteiger partial charge < -0.3 is 21.7 Å². The zero-order valence-corrected chi connectivity index (χ0v) is 13.9. The van der Waals surface area contributed by atoms with E-state index in [0.717, 1.165) is 19.3 Å². The molecular weight excluding hydrogens is 316 g/mol. The third kappa shape index (κ3) is 4.81. The first kappa shape index (κ1) is 17.0. The summed E-state index contributed by atoms with van der Waals surface area (Å²) in [6.07, 6.45) is 2.44. The number of urea groups is 1. The Balaban J connectivity index is 1.57. The molecule has 1 fully saturated rings. The highest BCUT2D eigenvalue weighted by Crippen LogP contribution is 2.26. The van der Waals surface area contributed by atoms with Crippen LogP contribution in [0.15, 0.2) is 54.6 Å². The molecule has 2 aromatic carbocycles. The largest absolute Gasteiger partial charge is 0.328 e. The molecule has 0 spiro atoms. The van der Waals surface area contributed by atoms with Crippen molar-refractivity contribution < 1.29 is 9.59 Å². The maximum absolute atomic E-state index is 12.3. The molecule has 6 nitrogen and oxygen atoms in total. The second-order valence-corrected chi connectivity index (χ2v) is 6.29. The molecule has 6 heteroatoms. The van der Waals surface area contributed by atoms with Gasteiger partial charge in [-0.1, -0.05) is 24.3 Å². The molecule has 3 amide bonds. The monoisotopic (exact) mass is 338 g/mol. The van der Waals surface area contributed by atoms with Crippen molar-refractivity contribution in [1.29, 1.82) is 0 Å². The van der Waals surface area contributed by atoms with E-state index in [9.17, 15) is 9.59 Å². The van der Waals surface area contributed by atoms with Crippen LogP contribution in [0.25, 0.3) is 0 Å². The fraction of sp³-hybridized carbons (Fsp3) is 0.263. The van der Waals surface area contributed by atoms with Crippen LogP contribution in [-0.2, 0) is 4.79 Å². The maximum atomic E-state index is 12.3. The molecule has 2 aromatic rings. The van der Waals surface area contributed by atoms with Gasteiger partial charge in [-0.3, -0.25) is 4.79 Å². The summed E-state index contributed by atoms with van der Waals surface area (Å²) in [6.45, 7) is 0. The van der Waals surface area contributed by atoms with E-state index >= 15 is 0 Å². The number of carbonyl (C=O) groups excluding carboxylic acids is 2. The Bertz CT molecular complexity index is 748. The number of benzene rings is 2. The normalized spacial score (nSPS) is 19.2. The van der Waals surface area contributed by atoms with Gasteiger partial charge in [-0.05, 0) is 49.6 Å². The molecule has 0 heterocycles. The van der Waals surface area contributed by atoms with Gasteiger partial charge in [0.05, 0.1) is 0 Å². The average molecular weight is 338 g/mol. The zero-order valence-electron chi connectivity index (χ0n) is 13.9. The van der Waals surface area contributed by atoms with Crippen molar-refractivity contribution in [3.8, 4) is 0 Å². The van der Waals surface area contributed by atoms with Crippen LogP contribution in [0.2, 0.25) is 0 Å². The summed E-state index contributed by atoms with van der Waals surface area (Å²) in [5.74, 6) is -0.0492. The molecule has 1 aliphatic rings. The molecular formula is C19H22N4O2. The summed E-state index contributed by atoms with van der Waals surface area (Å²) >= 11 is 0. The first-order valence-corrected chi connectivity index (χ1v) is 8.40. The molecule has 3 rings (SSSR count). The van der Waals surface area contributed by atoms with Gasteiger partial charge in [-0.15, -0.1) is 0 Å². The summed E-state index contributed by atoms with van der Waals surface area (Å²) in [4.78, 5) is 24.3. The van der Waals surface area contributed by atoms with Crippen LogP contribution in [0.4, 0.5) is 21.9 Å². The molecule has 2 unspecified atom stereocenters. The van der Waals surface area contributed by atoms with E-state index < -0.39 is 0 Å². The second-order valence-electron chi connectivity index (χ2n) is 6.29. The van der Waals surface area contributed by atoms with Crippen LogP contribution in [0.1, 0.15) is 19.3 Å². The highest BCUT2D eigenvalue weighted by molar-refractivity contribution is 6.00. The van der Waals surface area contributed by atoms with E-state index in [-0.39, 0.29) is 23.9 Å². The standard InChI is InChI=1S/C19H22N4O2/c20-14-10-9-13(11-14)18(24)21-16-7-4-8-17(12-16)23-19(25)22-15-5-2-1-3-6-15/h1-8,12-14H,9-11,20H2,(H,21,24)(H2,22,23,25). The zero-order chi connectivity index (χ0) is 17.6. The lowest BCUT2D eigenvalue weighted by molar-refractivity contribution is -0.119. The topological polar surface area (TPSA) is 96.2 Å². The van der Waals surface area contributed by atoms with Gasteiger partial charge in [0.15, 0.2) is 0 Å². The molecule has 0 aromatic heterocycles. The predicted molar refractivity (Wildman–Crippen MR) is 99.5 cm³/mol. The van der Waals surface area contributed by atoms with Gasteiger partial charge in [0.1, 0.15) is 0 Å². The fourth-order valence-electron chi connectivity index (χ4n) is 2.99. The number of amides is 3. The summed E-state index contributed by atoms with van der Waals surface area (Å²) in [6, 6.07) is 16.1. The van der Waals surface area contributed by atoms with Crippen LogP contribution in [-0.4, -0.2) is 18.0 Å². The van der Waals surface area contributed by atoms with Crippen molar-refractivity contribution in [2.75, 3.05) is 16.0 Å². The van der Waals surface area contributed by atoms with Crippen molar-refractivity contribution >= 4 is 29.0 Å². The molecule has 25 heavy (non-hydrogen) atoms. The molecule has 130 valence electrons. The minimum absolute atomic E-state index is 0.0150. The Morgan fingerprint density at radius 3 is 2.16 bits per heavy atom. The van der Waals surface area contributed by atoms with Crippen LogP contribution in [0.5, 0.6) is 0 Å². The average Bonchev–Trinajstić information content (AvgIpc) is 3.02. The van der Waals surface area contributed by atoms with E-state index in [0.29, 0.717) is 17.1 Å². The highest BCUT2D eigenvalue weighted by atomic mass is 16.2. The Labute approximate surface area is 146 Å². The number of hydrogen-bond acceptors (Lipinski definition) is 3. The molecule has 0 saturated heterocycles. The summed E-state index contributed by atoms with van der Waals surface area (Å²) in [5.41, 5.74) is 7.84. The number of anilines is 3. The molecule has 1 aliphatic carbocycles. The van der Waals surface area contributed by atoms with Gasteiger partial charge in [0.25, 0.3) is 0 Å². The smallest absolute Gasteiger partial charge is 0.323 e. The molecule has 0 radical (unpaired) electrons. The molecule has 0 bridgehead atoms. The summed E-state index contributed by atoms with van der Waals surface area (Å²) < 4.78 is 0. The third-order valence-electron chi connectivity index (χ3n) is 4.26. The van der Waals surface area contributed by atoms with E-state index in [1.54, 1.807) is 24.3 Å². The van der Waals surface area contributed by atoms with Gasteiger partial charge in [-0.25, -0.2) is 4.79 Å². The Morgan fingerprint density at radius 1 is 0.840 bits per heavy atom. The van der Waals surface area contributed by atoms with Crippen molar-refractivity contribution in [1.82, 2.24) is 0 Å². The Kier molecular flexibility index (Phi) is 5.30. The molecule has 5 N–H and O–H groups in total. The Morgan fingerprint density at radius 2 is 1.48 bits per heavy atom.